The number of nitrogens with two attached hydrogens (primary N) is 1. The Morgan fingerprint density at radius 2 is 2.12 bits per heavy atom. The molecule has 2 heterocycles. The van der Waals surface area contributed by atoms with Gasteiger partial charge in [0.15, 0.2) is 0 Å². The number of carbonyl (C=O) groups is 1. The lowest BCUT2D eigenvalue weighted by Crippen LogP contribution is -2.45. The third kappa shape index (κ3) is 2.30. The van der Waals surface area contributed by atoms with Crippen LogP contribution >= 0.6 is 0 Å². The number of rotatable bonds is 3. The van der Waals surface area contributed by atoms with Crippen molar-refractivity contribution in [3.63, 3.8) is 0 Å². The molecule has 2 fully saturated rings. The van der Waals surface area contributed by atoms with Crippen LogP contribution in [-0.4, -0.2) is 60.8 Å². The van der Waals surface area contributed by atoms with Crippen LogP contribution in [0.3, 0.4) is 0 Å². The standard InChI is InChI=1S/C11H21N3O2/c1-2-13-5-3-9(4-6-13)14-8-10(7-12)16-11(14)15/h9-10H,2-8,12H2,1H3/t10-/m0/s1. The molecule has 5 nitrogen and oxygen atoms in total. The largest absolute Gasteiger partial charge is 0.443 e. The molecule has 0 aromatic rings. The maximum absolute atomic E-state index is 11.6. The molecule has 2 saturated heterocycles. The second kappa shape index (κ2) is 5.01. The van der Waals surface area contributed by atoms with Crippen LogP contribution in [0.15, 0.2) is 0 Å². The minimum absolute atomic E-state index is 0.100. The number of carbonyl (C=O) groups excluding carboxylic acids is 1. The van der Waals surface area contributed by atoms with Crippen LogP contribution in [0, 0.1) is 0 Å². The molecule has 0 unspecified atom stereocenters. The maximum Gasteiger partial charge on any atom is 0.410 e. The molecule has 0 aromatic carbocycles. The quantitative estimate of drug-likeness (QED) is 0.751. The van der Waals surface area contributed by atoms with Gasteiger partial charge in [-0.1, -0.05) is 6.92 Å². The fourth-order valence-corrected chi connectivity index (χ4v) is 2.51. The van der Waals surface area contributed by atoms with Crippen molar-refractivity contribution in [2.24, 2.45) is 5.73 Å². The highest BCUT2D eigenvalue weighted by atomic mass is 16.6. The lowest BCUT2D eigenvalue weighted by atomic mass is 10.0. The van der Waals surface area contributed by atoms with Crippen LogP contribution in [0.1, 0.15) is 19.8 Å². The normalized spacial score (nSPS) is 28.5. The Kier molecular flexibility index (Phi) is 3.66. The topological polar surface area (TPSA) is 58.8 Å². The molecule has 0 radical (unpaired) electrons. The fraction of sp³-hybridized carbons (Fsp3) is 0.909. The predicted molar refractivity (Wildman–Crippen MR) is 61.2 cm³/mol. The van der Waals surface area contributed by atoms with E-state index in [-0.39, 0.29) is 12.2 Å². The molecule has 5 heteroatoms. The van der Waals surface area contributed by atoms with E-state index >= 15 is 0 Å². The van der Waals surface area contributed by atoms with E-state index in [1.807, 2.05) is 4.90 Å². The van der Waals surface area contributed by atoms with E-state index in [9.17, 15) is 4.79 Å². The number of hydrogen-bond donors (Lipinski definition) is 1. The zero-order chi connectivity index (χ0) is 11.5. The lowest BCUT2D eigenvalue weighted by Gasteiger charge is -2.34. The Bertz CT molecular complexity index is 252. The molecule has 16 heavy (non-hydrogen) atoms. The number of ether oxygens (including phenoxy) is 1. The molecule has 2 aliphatic rings. The number of amides is 1. The highest BCUT2D eigenvalue weighted by Gasteiger charge is 2.36. The maximum atomic E-state index is 11.6. The molecule has 1 atom stereocenters. The van der Waals surface area contributed by atoms with Crippen molar-refractivity contribution in [2.45, 2.75) is 31.9 Å². The van der Waals surface area contributed by atoms with Gasteiger partial charge in [-0.05, 0) is 19.4 Å². The molecule has 0 spiro atoms. The van der Waals surface area contributed by atoms with Gasteiger partial charge in [-0.25, -0.2) is 4.79 Å². The Hall–Kier alpha value is -0.810. The van der Waals surface area contributed by atoms with Crippen LogP contribution < -0.4 is 5.73 Å². The summed E-state index contributed by atoms with van der Waals surface area (Å²) in [4.78, 5) is 15.9. The van der Waals surface area contributed by atoms with Gasteiger partial charge in [0.1, 0.15) is 6.10 Å². The highest BCUT2D eigenvalue weighted by molar-refractivity contribution is 5.70. The first-order valence-electron chi connectivity index (χ1n) is 6.14. The van der Waals surface area contributed by atoms with Crippen molar-refractivity contribution in [1.82, 2.24) is 9.80 Å². The van der Waals surface area contributed by atoms with Crippen molar-refractivity contribution in [3.8, 4) is 0 Å². The summed E-state index contributed by atoms with van der Waals surface area (Å²) in [5.74, 6) is 0. The molecule has 92 valence electrons. The molecule has 0 bridgehead atoms. The fourth-order valence-electron chi connectivity index (χ4n) is 2.51. The first-order valence-corrected chi connectivity index (χ1v) is 6.14. The van der Waals surface area contributed by atoms with E-state index in [0.29, 0.717) is 19.1 Å². The monoisotopic (exact) mass is 227 g/mol. The van der Waals surface area contributed by atoms with E-state index < -0.39 is 0 Å². The SMILES string of the molecule is CCN1CCC(N2C[C@H](CN)OC2=O)CC1. The zero-order valence-corrected chi connectivity index (χ0v) is 9.89. The number of piperidine rings is 1. The average Bonchev–Trinajstić information content (AvgIpc) is 2.71. The van der Waals surface area contributed by atoms with Gasteiger partial charge >= 0.3 is 6.09 Å². The molecule has 2 aliphatic heterocycles. The molecule has 2 rings (SSSR count). The van der Waals surface area contributed by atoms with Crippen LogP contribution in [-0.2, 0) is 4.74 Å². The third-order valence-corrected chi connectivity index (χ3v) is 3.61. The summed E-state index contributed by atoms with van der Waals surface area (Å²) in [5, 5.41) is 0. The summed E-state index contributed by atoms with van der Waals surface area (Å²) in [5.41, 5.74) is 5.52. The van der Waals surface area contributed by atoms with E-state index in [1.54, 1.807) is 0 Å². The molecule has 0 aliphatic carbocycles. The summed E-state index contributed by atoms with van der Waals surface area (Å²) in [6, 6.07) is 0.354. The summed E-state index contributed by atoms with van der Waals surface area (Å²) in [6.45, 7) is 6.54. The Labute approximate surface area is 96.5 Å². The van der Waals surface area contributed by atoms with Crippen molar-refractivity contribution in [3.05, 3.63) is 0 Å². The van der Waals surface area contributed by atoms with Crippen LogP contribution in [0.5, 0.6) is 0 Å². The summed E-state index contributed by atoms with van der Waals surface area (Å²) in [7, 11) is 0. The number of nitrogens with zero attached hydrogens (tertiary/aromatic N) is 2. The first-order chi connectivity index (χ1) is 7.74. The summed E-state index contributed by atoms with van der Waals surface area (Å²) < 4.78 is 5.18. The third-order valence-electron chi connectivity index (χ3n) is 3.61. The lowest BCUT2D eigenvalue weighted by molar-refractivity contribution is 0.114. The zero-order valence-electron chi connectivity index (χ0n) is 9.89. The second-order valence-electron chi connectivity index (χ2n) is 4.56. The average molecular weight is 227 g/mol. The van der Waals surface area contributed by atoms with Crippen molar-refractivity contribution in [1.29, 1.82) is 0 Å². The van der Waals surface area contributed by atoms with E-state index in [2.05, 4.69) is 11.8 Å². The van der Waals surface area contributed by atoms with Gasteiger partial charge in [-0.15, -0.1) is 0 Å². The molecule has 1 amide bonds. The van der Waals surface area contributed by atoms with Crippen molar-refractivity contribution < 1.29 is 9.53 Å². The van der Waals surface area contributed by atoms with Gasteiger partial charge in [0.25, 0.3) is 0 Å². The molecule has 2 N–H and O–H groups in total. The van der Waals surface area contributed by atoms with Gasteiger partial charge in [-0.3, -0.25) is 0 Å². The molecule has 0 aromatic heterocycles. The highest BCUT2D eigenvalue weighted by Crippen LogP contribution is 2.21. The minimum Gasteiger partial charge on any atom is -0.443 e. The smallest absolute Gasteiger partial charge is 0.410 e. The van der Waals surface area contributed by atoms with Gasteiger partial charge in [-0.2, -0.15) is 0 Å². The van der Waals surface area contributed by atoms with Gasteiger partial charge in [0, 0.05) is 25.7 Å². The van der Waals surface area contributed by atoms with Crippen molar-refractivity contribution >= 4 is 6.09 Å². The van der Waals surface area contributed by atoms with Gasteiger partial charge < -0.3 is 20.3 Å². The van der Waals surface area contributed by atoms with Gasteiger partial charge in [0.05, 0.1) is 6.54 Å². The van der Waals surface area contributed by atoms with Gasteiger partial charge in [0.2, 0.25) is 0 Å². The summed E-state index contributed by atoms with van der Waals surface area (Å²) >= 11 is 0. The Morgan fingerprint density at radius 1 is 1.44 bits per heavy atom. The van der Waals surface area contributed by atoms with Crippen LogP contribution in [0.4, 0.5) is 4.79 Å². The van der Waals surface area contributed by atoms with E-state index in [1.165, 1.54) is 0 Å². The molecular formula is C11H21N3O2. The second-order valence-corrected chi connectivity index (χ2v) is 4.56. The number of hydrogen-bond acceptors (Lipinski definition) is 4. The molecular weight excluding hydrogens is 206 g/mol. The Balaban J connectivity index is 1.87. The summed E-state index contributed by atoms with van der Waals surface area (Å²) in [6.07, 6.45) is 1.84. The van der Waals surface area contributed by atoms with Crippen LogP contribution in [0.2, 0.25) is 0 Å². The van der Waals surface area contributed by atoms with E-state index in [0.717, 1.165) is 32.5 Å². The van der Waals surface area contributed by atoms with E-state index in [4.69, 9.17) is 10.5 Å². The van der Waals surface area contributed by atoms with Crippen molar-refractivity contribution in [2.75, 3.05) is 32.7 Å². The minimum atomic E-state index is -0.176. The first kappa shape index (κ1) is 11.7. The predicted octanol–water partition coefficient (Wildman–Crippen LogP) is 0.250. The number of cyclic esters (lactones) is 1. The Morgan fingerprint density at radius 3 is 2.62 bits per heavy atom. The van der Waals surface area contributed by atoms with Crippen LogP contribution in [0.25, 0.3) is 0 Å². The number of likely N-dealkylation sites (tertiary alicyclic amines) is 1. The molecule has 0 saturated carbocycles.